The summed E-state index contributed by atoms with van der Waals surface area (Å²) in [6, 6.07) is 0.0848. The van der Waals surface area contributed by atoms with Gasteiger partial charge in [-0.1, -0.05) is 0 Å². The van der Waals surface area contributed by atoms with Gasteiger partial charge in [0.05, 0.1) is 11.9 Å². The number of H-pyrrole nitrogens is 1. The Hall–Kier alpha value is -1.31. The molecular weight excluding hydrogens is 220 g/mol. The van der Waals surface area contributed by atoms with Gasteiger partial charge in [0, 0.05) is 0 Å². The van der Waals surface area contributed by atoms with Crippen LogP contribution in [0.15, 0.2) is 0 Å². The van der Waals surface area contributed by atoms with E-state index in [4.69, 9.17) is 4.74 Å². The molecule has 0 aliphatic rings. The zero-order valence-corrected chi connectivity index (χ0v) is 9.84. The third-order valence-electron chi connectivity index (χ3n) is 1.68. The number of anilines is 1. The van der Waals surface area contributed by atoms with Crippen molar-refractivity contribution >= 4 is 16.0 Å². The second kappa shape index (κ2) is 3.69. The molecule has 0 radical (unpaired) electrons. The number of aromatic nitrogens is 3. The normalized spacial score (nSPS) is 12.5. The van der Waals surface area contributed by atoms with Crippen molar-refractivity contribution < 1.29 is 13.2 Å². The molecule has 8 heteroatoms. The highest BCUT2D eigenvalue weighted by atomic mass is 32.2. The van der Waals surface area contributed by atoms with Gasteiger partial charge in [-0.05, 0) is 20.8 Å². The third kappa shape index (κ3) is 2.58. The predicted molar refractivity (Wildman–Crippen MR) is 55.2 cm³/mol. The molecule has 0 spiro atoms. The molecule has 1 aromatic rings. The molecule has 0 fully saturated rings. The maximum Gasteiger partial charge on any atom is 0.336 e. The van der Waals surface area contributed by atoms with Crippen molar-refractivity contribution in [3.63, 3.8) is 0 Å². The number of methoxy groups -OCH3 is 1. The maximum atomic E-state index is 11.7. The van der Waals surface area contributed by atoms with Crippen molar-refractivity contribution in [3.05, 3.63) is 0 Å². The highest BCUT2D eigenvalue weighted by molar-refractivity contribution is 7.94. The van der Waals surface area contributed by atoms with Gasteiger partial charge < -0.3 is 4.74 Å². The lowest BCUT2D eigenvalue weighted by atomic mass is 10.3. The maximum absolute atomic E-state index is 11.7. The van der Waals surface area contributed by atoms with Gasteiger partial charge in [0.2, 0.25) is 16.0 Å². The zero-order chi connectivity index (χ0) is 11.7. The lowest BCUT2D eigenvalue weighted by molar-refractivity contribution is 0.382. The smallest absolute Gasteiger partial charge is 0.336 e. The quantitative estimate of drug-likeness (QED) is 0.786. The average molecular weight is 234 g/mol. The van der Waals surface area contributed by atoms with Crippen LogP contribution in [0.3, 0.4) is 0 Å². The molecule has 86 valence electrons. The number of nitrogens with one attached hydrogen (secondary N) is 2. The van der Waals surface area contributed by atoms with Gasteiger partial charge in [-0.15, -0.1) is 5.10 Å². The highest BCUT2D eigenvalue weighted by Crippen LogP contribution is 2.17. The van der Waals surface area contributed by atoms with Crippen molar-refractivity contribution in [2.45, 2.75) is 25.5 Å². The van der Waals surface area contributed by atoms with E-state index < -0.39 is 14.8 Å². The lowest BCUT2D eigenvalue weighted by Crippen LogP contribution is -2.34. The number of sulfonamides is 1. The first-order valence-electron chi connectivity index (χ1n) is 4.25. The van der Waals surface area contributed by atoms with Gasteiger partial charge in [0.25, 0.3) is 0 Å². The van der Waals surface area contributed by atoms with Crippen LogP contribution in [-0.2, 0) is 10.0 Å². The molecule has 0 atom stereocenters. The average Bonchev–Trinajstić information content (AvgIpc) is 2.49. The topological polar surface area (TPSA) is 97.0 Å². The van der Waals surface area contributed by atoms with E-state index in [1.54, 1.807) is 20.8 Å². The molecular formula is C7H14N4O3S. The standard InChI is InChI=1S/C7H14N4O3S/c1-7(2,3)15(12,13)11-5-8-6(14-4)10-9-5/h1-4H3,(H2,8,9,10,11). The SMILES string of the molecule is COc1n[nH]c(NS(=O)(=O)C(C)(C)C)n1. The number of nitrogens with zero attached hydrogens (tertiary/aromatic N) is 2. The summed E-state index contributed by atoms with van der Waals surface area (Å²) in [5.74, 6) is 0.0433. The van der Waals surface area contributed by atoms with Crippen molar-refractivity contribution in [1.82, 2.24) is 15.2 Å². The van der Waals surface area contributed by atoms with Gasteiger partial charge in [0.15, 0.2) is 0 Å². The second-order valence-corrected chi connectivity index (χ2v) is 6.32. The van der Waals surface area contributed by atoms with Gasteiger partial charge in [-0.2, -0.15) is 4.98 Å². The number of rotatable bonds is 3. The number of hydrogen-bond acceptors (Lipinski definition) is 5. The summed E-state index contributed by atoms with van der Waals surface area (Å²) in [6.45, 7) is 4.76. The van der Waals surface area contributed by atoms with Gasteiger partial charge in [0.1, 0.15) is 0 Å². The summed E-state index contributed by atoms with van der Waals surface area (Å²) in [5.41, 5.74) is 0. The molecule has 0 aliphatic carbocycles. The van der Waals surface area contributed by atoms with E-state index in [9.17, 15) is 8.42 Å². The van der Waals surface area contributed by atoms with E-state index in [0.29, 0.717) is 0 Å². The third-order valence-corrected chi connectivity index (χ3v) is 3.76. The Morgan fingerprint density at radius 2 is 2.00 bits per heavy atom. The number of hydrogen-bond donors (Lipinski definition) is 2. The fraction of sp³-hybridized carbons (Fsp3) is 0.714. The first-order chi connectivity index (χ1) is 6.76. The van der Waals surface area contributed by atoms with Gasteiger partial charge >= 0.3 is 6.01 Å². The van der Waals surface area contributed by atoms with Crippen LogP contribution in [0.25, 0.3) is 0 Å². The summed E-state index contributed by atoms with van der Waals surface area (Å²) in [4.78, 5) is 3.75. The first-order valence-corrected chi connectivity index (χ1v) is 5.73. The van der Waals surface area contributed by atoms with Crippen LogP contribution >= 0.6 is 0 Å². The van der Waals surface area contributed by atoms with Crippen molar-refractivity contribution in [2.75, 3.05) is 11.8 Å². The van der Waals surface area contributed by atoms with Crippen LogP contribution in [0.2, 0.25) is 0 Å². The van der Waals surface area contributed by atoms with Gasteiger partial charge in [-0.25, -0.2) is 13.5 Å². The van der Waals surface area contributed by atoms with E-state index >= 15 is 0 Å². The van der Waals surface area contributed by atoms with E-state index in [-0.39, 0.29) is 12.0 Å². The molecule has 0 amide bonds. The predicted octanol–water partition coefficient (Wildman–Crippen LogP) is 0.353. The summed E-state index contributed by atoms with van der Waals surface area (Å²) < 4.78 is 29.4. The fourth-order valence-electron chi connectivity index (χ4n) is 0.664. The van der Waals surface area contributed by atoms with Crippen molar-refractivity contribution in [1.29, 1.82) is 0 Å². The van der Waals surface area contributed by atoms with Crippen LogP contribution in [0.1, 0.15) is 20.8 Å². The van der Waals surface area contributed by atoms with Crippen molar-refractivity contribution in [2.24, 2.45) is 0 Å². The van der Waals surface area contributed by atoms with E-state index in [2.05, 4.69) is 19.9 Å². The van der Waals surface area contributed by atoms with Crippen LogP contribution < -0.4 is 9.46 Å². The Labute approximate surface area is 88.3 Å². The Kier molecular flexibility index (Phi) is 2.89. The van der Waals surface area contributed by atoms with Crippen LogP contribution in [-0.4, -0.2) is 35.5 Å². The van der Waals surface area contributed by atoms with Crippen LogP contribution in [0, 0.1) is 0 Å². The molecule has 0 bridgehead atoms. The molecule has 0 aliphatic heterocycles. The van der Waals surface area contributed by atoms with Crippen LogP contribution in [0.4, 0.5) is 5.95 Å². The first kappa shape index (κ1) is 11.8. The minimum atomic E-state index is -3.48. The van der Waals surface area contributed by atoms with Crippen molar-refractivity contribution in [3.8, 4) is 6.01 Å². The molecule has 0 aromatic carbocycles. The van der Waals surface area contributed by atoms with Crippen LogP contribution in [0.5, 0.6) is 6.01 Å². The Morgan fingerprint density at radius 3 is 2.40 bits per heavy atom. The molecule has 0 unspecified atom stereocenters. The lowest BCUT2D eigenvalue weighted by Gasteiger charge is -2.18. The Bertz CT molecular complexity index is 431. The zero-order valence-electron chi connectivity index (χ0n) is 9.03. The largest absolute Gasteiger partial charge is 0.466 e. The minimum absolute atomic E-state index is 0.0433. The van der Waals surface area contributed by atoms with E-state index in [0.717, 1.165) is 0 Å². The highest BCUT2D eigenvalue weighted by Gasteiger charge is 2.29. The molecule has 0 saturated heterocycles. The number of ether oxygens (including phenoxy) is 1. The number of aromatic amines is 1. The van der Waals surface area contributed by atoms with Gasteiger partial charge in [-0.3, -0.25) is 4.72 Å². The summed E-state index contributed by atoms with van der Waals surface area (Å²) in [7, 11) is -2.09. The molecule has 1 aromatic heterocycles. The molecule has 7 nitrogen and oxygen atoms in total. The molecule has 2 N–H and O–H groups in total. The summed E-state index contributed by atoms with van der Waals surface area (Å²) in [5, 5.41) is 6.02. The monoisotopic (exact) mass is 234 g/mol. The van der Waals surface area contributed by atoms with E-state index in [1.165, 1.54) is 7.11 Å². The molecule has 15 heavy (non-hydrogen) atoms. The Balaban J connectivity index is 2.87. The second-order valence-electron chi connectivity index (χ2n) is 3.89. The summed E-state index contributed by atoms with van der Waals surface area (Å²) >= 11 is 0. The minimum Gasteiger partial charge on any atom is -0.466 e. The molecule has 1 heterocycles. The molecule has 1 rings (SSSR count). The summed E-state index contributed by atoms with van der Waals surface area (Å²) in [6.07, 6.45) is 0. The molecule has 0 saturated carbocycles. The fourth-order valence-corrected chi connectivity index (χ4v) is 1.32. The van der Waals surface area contributed by atoms with E-state index in [1.807, 2.05) is 0 Å². The Morgan fingerprint density at radius 1 is 1.40 bits per heavy atom.